The van der Waals surface area contributed by atoms with Crippen LogP contribution in [-0.4, -0.2) is 43.0 Å². The highest BCUT2D eigenvalue weighted by Gasteiger charge is 2.15. The Balaban J connectivity index is 1.74. The zero-order valence-corrected chi connectivity index (χ0v) is 26.7. The standard InChI is InChI=1S/C35H57N3O5/c1-2-3-4-5-6-7-8-9-10-11-12-13-15-18-30(39)23-29-24-31-28(26-35(42)43-33(31)27-32(29)40)25-34(41)38-21-17-14-16-20-37-22-19-36/h24,26-27,37,40H,2-23,25,36H2,1H3,(H,38,41). The molecule has 0 saturated heterocycles. The predicted octanol–water partition coefficient (Wildman–Crippen LogP) is 6.47. The lowest BCUT2D eigenvalue weighted by atomic mass is 9.98. The van der Waals surface area contributed by atoms with Gasteiger partial charge in [-0.15, -0.1) is 0 Å². The average Bonchev–Trinajstić information content (AvgIpc) is 2.97. The first-order valence-corrected chi connectivity index (χ1v) is 16.9. The van der Waals surface area contributed by atoms with E-state index in [9.17, 15) is 19.5 Å². The van der Waals surface area contributed by atoms with E-state index in [1.54, 1.807) is 6.07 Å². The molecule has 0 atom stereocenters. The van der Waals surface area contributed by atoms with E-state index >= 15 is 0 Å². The monoisotopic (exact) mass is 599 g/mol. The van der Waals surface area contributed by atoms with E-state index in [0.29, 0.717) is 36.0 Å². The SMILES string of the molecule is CCCCCCCCCCCCCCCC(=O)Cc1cc2c(CC(=O)NCCCCCNCCN)cc(=O)oc2cc1O. The molecule has 1 heterocycles. The molecule has 0 unspecified atom stereocenters. The Bertz CT molecular complexity index is 1130. The molecule has 2 rings (SSSR count). The summed E-state index contributed by atoms with van der Waals surface area (Å²) in [5, 5.41) is 17.3. The van der Waals surface area contributed by atoms with Crippen LogP contribution < -0.4 is 22.0 Å². The number of nitrogens with one attached hydrogen (secondary N) is 2. The van der Waals surface area contributed by atoms with Crippen LogP contribution in [0.25, 0.3) is 11.0 Å². The van der Waals surface area contributed by atoms with Crippen molar-refractivity contribution in [2.45, 2.75) is 129 Å². The van der Waals surface area contributed by atoms with Crippen molar-refractivity contribution in [2.24, 2.45) is 5.73 Å². The van der Waals surface area contributed by atoms with Gasteiger partial charge in [0.2, 0.25) is 5.91 Å². The topological polar surface area (TPSA) is 135 Å². The Hall–Kier alpha value is -2.71. The summed E-state index contributed by atoms with van der Waals surface area (Å²) in [5.74, 6) is -0.175. The van der Waals surface area contributed by atoms with E-state index in [2.05, 4.69) is 17.6 Å². The van der Waals surface area contributed by atoms with Gasteiger partial charge in [-0.1, -0.05) is 90.4 Å². The van der Waals surface area contributed by atoms with Crippen molar-refractivity contribution in [3.63, 3.8) is 0 Å². The molecule has 0 aliphatic carbocycles. The van der Waals surface area contributed by atoms with Gasteiger partial charge in [-0.25, -0.2) is 4.79 Å². The lowest BCUT2D eigenvalue weighted by Crippen LogP contribution is -2.27. The Labute approximate surface area is 258 Å². The molecule has 43 heavy (non-hydrogen) atoms. The van der Waals surface area contributed by atoms with Crippen LogP contribution in [0.4, 0.5) is 0 Å². The number of rotatable bonds is 26. The summed E-state index contributed by atoms with van der Waals surface area (Å²) in [6, 6.07) is 4.39. The second-order valence-corrected chi connectivity index (χ2v) is 11.9. The summed E-state index contributed by atoms with van der Waals surface area (Å²) in [6.45, 7) is 5.16. The van der Waals surface area contributed by atoms with E-state index in [-0.39, 0.29) is 35.9 Å². The van der Waals surface area contributed by atoms with Crippen molar-refractivity contribution in [1.82, 2.24) is 10.6 Å². The fourth-order valence-electron chi connectivity index (χ4n) is 5.48. The van der Waals surface area contributed by atoms with Gasteiger partial charge in [0, 0.05) is 55.6 Å². The summed E-state index contributed by atoms with van der Waals surface area (Å²) < 4.78 is 5.29. The minimum Gasteiger partial charge on any atom is -0.508 e. The maximum Gasteiger partial charge on any atom is 0.336 e. The van der Waals surface area contributed by atoms with Gasteiger partial charge in [-0.3, -0.25) is 9.59 Å². The van der Waals surface area contributed by atoms with Crippen LogP contribution in [0.3, 0.4) is 0 Å². The Kier molecular flexibility index (Phi) is 19.3. The molecule has 0 aliphatic rings. The molecule has 1 aromatic carbocycles. The number of carbonyl (C=O) groups excluding carboxylic acids is 2. The highest BCUT2D eigenvalue weighted by Crippen LogP contribution is 2.28. The summed E-state index contributed by atoms with van der Waals surface area (Å²) in [7, 11) is 0. The zero-order chi connectivity index (χ0) is 31.1. The maximum absolute atomic E-state index is 12.7. The van der Waals surface area contributed by atoms with Gasteiger partial charge in [-0.2, -0.15) is 0 Å². The first-order chi connectivity index (χ1) is 20.9. The Morgan fingerprint density at radius 2 is 1.35 bits per heavy atom. The highest BCUT2D eigenvalue weighted by atomic mass is 16.4. The Morgan fingerprint density at radius 3 is 2.00 bits per heavy atom. The van der Waals surface area contributed by atoms with E-state index in [4.69, 9.17) is 10.2 Å². The quantitative estimate of drug-likeness (QED) is 0.0719. The third-order valence-electron chi connectivity index (χ3n) is 8.00. The molecule has 0 aliphatic heterocycles. The number of nitrogens with two attached hydrogens (primary N) is 1. The first-order valence-electron chi connectivity index (χ1n) is 16.9. The third-order valence-corrected chi connectivity index (χ3v) is 8.00. The lowest BCUT2D eigenvalue weighted by Gasteiger charge is -2.10. The number of unbranched alkanes of at least 4 members (excludes halogenated alkanes) is 14. The Morgan fingerprint density at radius 1 is 0.744 bits per heavy atom. The predicted molar refractivity (Wildman–Crippen MR) is 176 cm³/mol. The summed E-state index contributed by atoms with van der Waals surface area (Å²) in [5.41, 5.74) is 6.11. The van der Waals surface area contributed by atoms with E-state index in [1.807, 2.05) is 0 Å². The normalized spacial score (nSPS) is 11.3. The minimum absolute atomic E-state index is 0.0251. The average molecular weight is 600 g/mol. The van der Waals surface area contributed by atoms with Crippen molar-refractivity contribution in [2.75, 3.05) is 26.2 Å². The van der Waals surface area contributed by atoms with Gasteiger partial charge >= 0.3 is 5.63 Å². The third kappa shape index (κ3) is 16.1. The highest BCUT2D eigenvalue weighted by molar-refractivity contribution is 5.90. The number of aromatic hydroxyl groups is 1. The molecule has 0 spiro atoms. The van der Waals surface area contributed by atoms with Crippen molar-refractivity contribution in [3.8, 4) is 5.75 Å². The molecule has 0 bridgehead atoms. The van der Waals surface area contributed by atoms with Gasteiger partial charge in [0.25, 0.3) is 0 Å². The molecule has 0 fully saturated rings. The van der Waals surface area contributed by atoms with Crippen molar-refractivity contribution in [1.29, 1.82) is 0 Å². The van der Waals surface area contributed by atoms with Crippen molar-refractivity contribution < 1.29 is 19.1 Å². The van der Waals surface area contributed by atoms with Crippen LogP contribution in [0.1, 0.15) is 127 Å². The zero-order valence-electron chi connectivity index (χ0n) is 26.7. The summed E-state index contributed by atoms with van der Waals surface area (Å²) >= 11 is 0. The minimum atomic E-state index is -0.578. The van der Waals surface area contributed by atoms with Crippen LogP contribution in [0.15, 0.2) is 27.4 Å². The summed E-state index contributed by atoms with van der Waals surface area (Å²) in [6.07, 6.45) is 19.9. The largest absolute Gasteiger partial charge is 0.508 e. The van der Waals surface area contributed by atoms with Gasteiger partial charge in [0.1, 0.15) is 17.1 Å². The number of amides is 1. The number of carbonyl (C=O) groups is 2. The molecular weight excluding hydrogens is 542 g/mol. The number of fused-ring (bicyclic) bond motifs is 1. The smallest absolute Gasteiger partial charge is 0.336 e. The van der Waals surface area contributed by atoms with Gasteiger partial charge < -0.3 is 25.9 Å². The lowest BCUT2D eigenvalue weighted by molar-refractivity contribution is -0.120. The number of hydrogen-bond donors (Lipinski definition) is 4. The maximum atomic E-state index is 12.7. The molecule has 2 aromatic rings. The number of ketones is 1. The molecule has 0 radical (unpaired) electrons. The van der Waals surface area contributed by atoms with Crippen molar-refractivity contribution >= 4 is 22.7 Å². The molecular formula is C35H57N3O5. The fraction of sp³-hybridized carbons (Fsp3) is 0.686. The van der Waals surface area contributed by atoms with Gasteiger partial charge in [0.05, 0.1) is 6.42 Å². The molecule has 8 nitrogen and oxygen atoms in total. The molecule has 1 amide bonds. The van der Waals surface area contributed by atoms with Crippen molar-refractivity contribution in [3.05, 3.63) is 39.7 Å². The van der Waals surface area contributed by atoms with Crippen LogP contribution in [-0.2, 0) is 22.4 Å². The fourth-order valence-corrected chi connectivity index (χ4v) is 5.48. The van der Waals surface area contributed by atoms with Gasteiger partial charge in [0.15, 0.2) is 0 Å². The van der Waals surface area contributed by atoms with E-state index < -0.39 is 5.63 Å². The van der Waals surface area contributed by atoms with E-state index in [0.717, 1.165) is 51.6 Å². The van der Waals surface area contributed by atoms with Gasteiger partial charge in [-0.05, 0) is 37.4 Å². The van der Waals surface area contributed by atoms with Crippen LogP contribution in [0.5, 0.6) is 5.75 Å². The summed E-state index contributed by atoms with van der Waals surface area (Å²) in [4.78, 5) is 37.4. The second-order valence-electron chi connectivity index (χ2n) is 11.9. The molecule has 8 heteroatoms. The van der Waals surface area contributed by atoms with Crippen LogP contribution in [0, 0.1) is 0 Å². The molecule has 0 saturated carbocycles. The number of hydrogen-bond acceptors (Lipinski definition) is 7. The number of phenols is 1. The van der Waals surface area contributed by atoms with Crippen LogP contribution in [0.2, 0.25) is 0 Å². The molecule has 1 aromatic heterocycles. The number of phenolic OH excluding ortho intramolecular Hbond substituents is 1. The molecule has 242 valence electrons. The van der Waals surface area contributed by atoms with Crippen LogP contribution >= 0.6 is 0 Å². The molecule has 5 N–H and O–H groups in total. The van der Waals surface area contributed by atoms with E-state index in [1.165, 1.54) is 76.3 Å². The second kappa shape index (κ2) is 22.8. The first kappa shape index (κ1) is 36.5. The number of benzene rings is 1. The number of Topliss-reactive ketones (excluding diaryl/α,β-unsaturated/α-hetero) is 1.